The average Bonchev–Trinajstić information content (AvgIpc) is 2.60. The van der Waals surface area contributed by atoms with Crippen molar-refractivity contribution in [3.63, 3.8) is 0 Å². The fourth-order valence-corrected chi connectivity index (χ4v) is 2.02. The molecular formula is C18H15F3N2O2. The van der Waals surface area contributed by atoms with Crippen LogP contribution in [0.15, 0.2) is 42.5 Å². The highest BCUT2D eigenvalue weighted by Crippen LogP contribution is 2.26. The Morgan fingerprint density at radius 1 is 1.24 bits per heavy atom. The molecule has 0 saturated carbocycles. The van der Waals surface area contributed by atoms with Crippen LogP contribution in [0.2, 0.25) is 0 Å². The van der Waals surface area contributed by atoms with E-state index in [1.807, 2.05) is 0 Å². The number of anilines is 1. The number of rotatable bonds is 6. The summed E-state index contributed by atoms with van der Waals surface area (Å²) in [5, 5.41) is 11.3. The molecule has 25 heavy (non-hydrogen) atoms. The van der Waals surface area contributed by atoms with Crippen molar-refractivity contribution in [3.05, 3.63) is 59.4 Å². The molecule has 1 unspecified atom stereocenters. The molecular weight excluding hydrogens is 333 g/mol. The van der Waals surface area contributed by atoms with Gasteiger partial charge in [-0.1, -0.05) is 6.92 Å². The number of carbonyl (C=O) groups is 1. The molecule has 0 radical (unpaired) electrons. The first-order valence-electron chi connectivity index (χ1n) is 7.42. The highest BCUT2D eigenvalue weighted by molar-refractivity contribution is 5.92. The minimum absolute atomic E-state index is 0.0372. The Bertz CT molecular complexity index is 786. The summed E-state index contributed by atoms with van der Waals surface area (Å²) < 4.78 is 44.0. The highest BCUT2D eigenvalue weighted by atomic mass is 19.3. The lowest BCUT2D eigenvalue weighted by Gasteiger charge is -2.14. The standard InChI is InChI=1S/C18H15F3N2O2/c1-11(10-25-15-6-3-13(19)4-7-15)18(24)23-14-5-2-12(9-22)16(8-14)17(20)21/h2-8,11,17H,10H2,1H3,(H,23,24). The summed E-state index contributed by atoms with van der Waals surface area (Å²) in [6.45, 7) is 1.64. The van der Waals surface area contributed by atoms with Crippen molar-refractivity contribution < 1.29 is 22.7 Å². The molecule has 7 heteroatoms. The first-order chi connectivity index (χ1) is 11.9. The second-order valence-electron chi connectivity index (χ2n) is 5.37. The quantitative estimate of drug-likeness (QED) is 0.847. The number of benzene rings is 2. The van der Waals surface area contributed by atoms with E-state index in [1.165, 1.54) is 36.4 Å². The van der Waals surface area contributed by atoms with Gasteiger partial charge in [-0.25, -0.2) is 13.2 Å². The van der Waals surface area contributed by atoms with E-state index in [0.717, 1.165) is 6.07 Å². The molecule has 130 valence electrons. The van der Waals surface area contributed by atoms with E-state index in [-0.39, 0.29) is 17.9 Å². The largest absolute Gasteiger partial charge is 0.493 e. The van der Waals surface area contributed by atoms with Crippen LogP contribution >= 0.6 is 0 Å². The number of hydrogen-bond donors (Lipinski definition) is 1. The van der Waals surface area contributed by atoms with Gasteiger partial charge in [0.05, 0.1) is 24.2 Å². The van der Waals surface area contributed by atoms with Crippen molar-refractivity contribution in [2.75, 3.05) is 11.9 Å². The number of carbonyl (C=O) groups excluding carboxylic acids is 1. The zero-order valence-corrected chi connectivity index (χ0v) is 13.3. The van der Waals surface area contributed by atoms with Gasteiger partial charge in [0.2, 0.25) is 5.91 Å². The molecule has 0 aromatic heterocycles. The molecule has 0 aliphatic carbocycles. The number of hydrogen-bond acceptors (Lipinski definition) is 3. The number of nitrogens with one attached hydrogen (secondary N) is 1. The fourth-order valence-electron chi connectivity index (χ4n) is 2.02. The molecule has 0 aliphatic rings. The molecule has 2 rings (SSSR count). The second-order valence-corrected chi connectivity index (χ2v) is 5.37. The van der Waals surface area contributed by atoms with E-state index in [9.17, 15) is 18.0 Å². The Labute approximate surface area is 142 Å². The fraction of sp³-hybridized carbons (Fsp3) is 0.222. The van der Waals surface area contributed by atoms with Gasteiger partial charge in [0.25, 0.3) is 6.43 Å². The van der Waals surface area contributed by atoms with E-state index in [0.29, 0.717) is 5.75 Å². The SMILES string of the molecule is CC(COc1ccc(F)cc1)C(=O)Nc1ccc(C#N)c(C(F)F)c1. The summed E-state index contributed by atoms with van der Waals surface area (Å²) in [4.78, 5) is 12.1. The van der Waals surface area contributed by atoms with Gasteiger partial charge >= 0.3 is 0 Å². The molecule has 2 aromatic carbocycles. The maximum atomic E-state index is 12.9. The summed E-state index contributed by atoms with van der Waals surface area (Å²) in [6, 6.07) is 10.7. The second kappa shape index (κ2) is 8.20. The summed E-state index contributed by atoms with van der Waals surface area (Å²) >= 11 is 0. The minimum Gasteiger partial charge on any atom is -0.493 e. The van der Waals surface area contributed by atoms with E-state index < -0.39 is 29.6 Å². The Morgan fingerprint density at radius 2 is 1.92 bits per heavy atom. The summed E-state index contributed by atoms with van der Waals surface area (Å²) in [6.07, 6.45) is -2.81. The van der Waals surface area contributed by atoms with Crippen LogP contribution in [0.3, 0.4) is 0 Å². The van der Waals surface area contributed by atoms with Crippen molar-refractivity contribution in [1.29, 1.82) is 5.26 Å². The lowest BCUT2D eigenvalue weighted by molar-refractivity contribution is -0.120. The van der Waals surface area contributed by atoms with Crippen LogP contribution in [0.5, 0.6) is 5.75 Å². The number of ether oxygens (including phenoxy) is 1. The topological polar surface area (TPSA) is 62.1 Å². The average molecular weight is 348 g/mol. The van der Waals surface area contributed by atoms with Crippen LogP contribution in [-0.4, -0.2) is 12.5 Å². The van der Waals surface area contributed by atoms with E-state index in [4.69, 9.17) is 10.00 Å². The van der Waals surface area contributed by atoms with Crippen molar-refractivity contribution >= 4 is 11.6 Å². The normalized spacial score (nSPS) is 11.7. The lowest BCUT2D eigenvalue weighted by Crippen LogP contribution is -2.25. The third-order valence-corrected chi connectivity index (χ3v) is 3.44. The van der Waals surface area contributed by atoms with E-state index >= 15 is 0 Å². The van der Waals surface area contributed by atoms with Gasteiger partial charge in [0.15, 0.2) is 0 Å². The monoisotopic (exact) mass is 348 g/mol. The molecule has 0 fully saturated rings. The maximum Gasteiger partial charge on any atom is 0.265 e. The van der Waals surface area contributed by atoms with Gasteiger partial charge in [0, 0.05) is 11.3 Å². The van der Waals surface area contributed by atoms with Crippen LogP contribution in [0.4, 0.5) is 18.9 Å². The predicted molar refractivity (Wildman–Crippen MR) is 85.8 cm³/mol. The van der Waals surface area contributed by atoms with Crippen molar-refractivity contribution in [2.24, 2.45) is 5.92 Å². The third kappa shape index (κ3) is 4.98. The molecule has 0 heterocycles. The summed E-state index contributed by atoms with van der Waals surface area (Å²) in [5.41, 5.74) is -0.399. The van der Waals surface area contributed by atoms with Gasteiger partial charge in [-0.3, -0.25) is 4.79 Å². The highest BCUT2D eigenvalue weighted by Gasteiger charge is 2.17. The molecule has 1 amide bonds. The molecule has 1 N–H and O–H groups in total. The van der Waals surface area contributed by atoms with Gasteiger partial charge in [0.1, 0.15) is 11.6 Å². The van der Waals surface area contributed by atoms with Gasteiger partial charge in [-0.05, 0) is 42.5 Å². The van der Waals surface area contributed by atoms with Crippen LogP contribution in [-0.2, 0) is 4.79 Å². The maximum absolute atomic E-state index is 12.9. The number of amides is 1. The first-order valence-corrected chi connectivity index (χ1v) is 7.42. The number of halogens is 3. The molecule has 0 saturated heterocycles. The van der Waals surface area contributed by atoms with E-state index in [1.54, 1.807) is 13.0 Å². The van der Waals surface area contributed by atoms with Crippen LogP contribution in [0.1, 0.15) is 24.5 Å². The van der Waals surface area contributed by atoms with Crippen molar-refractivity contribution in [1.82, 2.24) is 0 Å². The molecule has 0 bridgehead atoms. The Balaban J connectivity index is 1.97. The Morgan fingerprint density at radius 3 is 2.52 bits per heavy atom. The first kappa shape index (κ1) is 18.3. The summed E-state index contributed by atoms with van der Waals surface area (Å²) in [7, 11) is 0. The number of alkyl halides is 2. The van der Waals surface area contributed by atoms with E-state index in [2.05, 4.69) is 5.32 Å². The van der Waals surface area contributed by atoms with Crippen LogP contribution in [0.25, 0.3) is 0 Å². The van der Waals surface area contributed by atoms with Gasteiger partial charge in [-0.15, -0.1) is 0 Å². The predicted octanol–water partition coefficient (Wildman–Crippen LogP) is 4.29. The molecule has 1 atom stereocenters. The number of nitrogens with zero attached hydrogens (tertiary/aromatic N) is 1. The van der Waals surface area contributed by atoms with Crippen molar-refractivity contribution in [3.8, 4) is 11.8 Å². The summed E-state index contributed by atoms with van der Waals surface area (Å²) in [5.74, 6) is -0.976. The molecule has 0 spiro atoms. The van der Waals surface area contributed by atoms with Crippen LogP contribution in [0, 0.1) is 23.1 Å². The molecule has 2 aromatic rings. The van der Waals surface area contributed by atoms with Gasteiger partial charge < -0.3 is 10.1 Å². The third-order valence-electron chi connectivity index (χ3n) is 3.44. The zero-order valence-electron chi connectivity index (χ0n) is 13.3. The zero-order chi connectivity index (χ0) is 18.4. The molecule has 0 aliphatic heterocycles. The molecule has 4 nitrogen and oxygen atoms in total. The van der Waals surface area contributed by atoms with Crippen LogP contribution < -0.4 is 10.1 Å². The van der Waals surface area contributed by atoms with Crippen molar-refractivity contribution in [2.45, 2.75) is 13.3 Å². The lowest BCUT2D eigenvalue weighted by atomic mass is 10.1. The smallest absolute Gasteiger partial charge is 0.265 e. The minimum atomic E-state index is -2.81. The Hall–Kier alpha value is -3.01. The number of nitriles is 1. The Kier molecular flexibility index (Phi) is 6.01. The van der Waals surface area contributed by atoms with Gasteiger partial charge in [-0.2, -0.15) is 5.26 Å².